The lowest BCUT2D eigenvalue weighted by Gasteiger charge is -2.17. The number of carbonyl (C=O) groups excluding carboxylic acids is 1. The van der Waals surface area contributed by atoms with Crippen LogP contribution in [0.25, 0.3) is 0 Å². The summed E-state index contributed by atoms with van der Waals surface area (Å²) in [6.07, 6.45) is 0. The standard InChI is InChI=1S/C17H16F3NO2S/c1-21(11-12-23-14-5-3-2-4-6-14)16(22)13-7-9-15(10-8-13)24-17(18,19)20/h2-10H,11-12H2,1H3. The molecule has 3 nitrogen and oxygen atoms in total. The summed E-state index contributed by atoms with van der Waals surface area (Å²) in [4.78, 5) is 13.7. The third-order valence-corrected chi connectivity index (χ3v) is 3.86. The highest BCUT2D eigenvalue weighted by molar-refractivity contribution is 8.00. The van der Waals surface area contributed by atoms with Gasteiger partial charge < -0.3 is 9.64 Å². The number of hydrogen-bond donors (Lipinski definition) is 0. The second-order valence-electron chi connectivity index (χ2n) is 4.96. The lowest BCUT2D eigenvalue weighted by atomic mass is 10.2. The molecule has 0 heterocycles. The second-order valence-corrected chi connectivity index (χ2v) is 6.10. The number of ether oxygens (including phenoxy) is 1. The van der Waals surface area contributed by atoms with Crippen molar-refractivity contribution < 1.29 is 22.7 Å². The van der Waals surface area contributed by atoms with Crippen molar-refractivity contribution in [3.8, 4) is 5.75 Å². The number of amides is 1. The maximum Gasteiger partial charge on any atom is 0.446 e. The van der Waals surface area contributed by atoms with Crippen molar-refractivity contribution in [2.24, 2.45) is 0 Å². The van der Waals surface area contributed by atoms with Crippen molar-refractivity contribution in [1.29, 1.82) is 0 Å². The lowest BCUT2D eigenvalue weighted by molar-refractivity contribution is -0.0328. The predicted molar refractivity (Wildman–Crippen MR) is 87.3 cm³/mol. The van der Waals surface area contributed by atoms with Gasteiger partial charge in [-0.1, -0.05) is 18.2 Å². The average molecular weight is 355 g/mol. The summed E-state index contributed by atoms with van der Waals surface area (Å²) >= 11 is -0.204. The van der Waals surface area contributed by atoms with E-state index in [0.717, 1.165) is 0 Å². The van der Waals surface area contributed by atoms with Gasteiger partial charge in [0.15, 0.2) is 0 Å². The van der Waals surface area contributed by atoms with Gasteiger partial charge in [0, 0.05) is 17.5 Å². The molecule has 0 aliphatic carbocycles. The summed E-state index contributed by atoms with van der Waals surface area (Å²) in [6.45, 7) is 0.695. The van der Waals surface area contributed by atoms with Crippen LogP contribution in [-0.2, 0) is 0 Å². The predicted octanol–water partition coefficient (Wildman–Crippen LogP) is 4.45. The van der Waals surface area contributed by atoms with Crippen LogP contribution in [0, 0.1) is 0 Å². The molecule has 1 amide bonds. The van der Waals surface area contributed by atoms with Gasteiger partial charge >= 0.3 is 5.51 Å². The molecule has 0 N–H and O–H groups in total. The first-order valence-electron chi connectivity index (χ1n) is 7.14. The van der Waals surface area contributed by atoms with E-state index in [1.807, 2.05) is 30.3 Å². The molecule has 2 aromatic rings. The van der Waals surface area contributed by atoms with Crippen LogP contribution in [0.2, 0.25) is 0 Å². The molecule has 0 saturated heterocycles. The Morgan fingerprint density at radius 3 is 2.29 bits per heavy atom. The Hall–Kier alpha value is -2.15. The molecule has 0 unspecified atom stereocenters. The van der Waals surface area contributed by atoms with Crippen LogP contribution in [0.5, 0.6) is 5.75 Å². The molecule has 2 aromatic carbocycles. The van der Waals surface area contributed by atoms with Gasteiger partial charge in [0.05, 0.1) is 6.54 Å². The fourth-order valence-corrected chi connectivity index (χ4v) is 2.48. The van der Waals surface area contributed by atoms with E-state index in [9.17, 15) is 18.0 Å². The van der Waals surface area contributed by atoms with Crippen LogP contribution in [0.1, 0.15) is 10.4 Å². The zero-order valence-corrected chi connectivity index (χ0v) is 13.7. The zero-order chi connectivity index (χ0) is 17.6. The van der Waals surface area contributed by atoms with Crippen molar-refractivity contribution in [2.45, 2.75) is 10.4 Å². The van der Waals surface area contributed by atoms with Gasteiger partial charge in [-0.15, -0.1) is 0 Å². The van der Waals surface area contributed by atoms with E-state index in [1.54, 1.807) is 7.05 Å². The molecule has 2 rings (SSSR count). The maximum atomic E-state index is 12.3. The molecule has 0 atom stereocenters. The second kappa shape index (κ2) is 8.10. The highest BCUT2D eigenvalue weighted by Gasteiger charge is 2.29. The van der Waals surface area contributed by atoms with E-state index in [4.69, 9.17) is 4.74 Å². The van der Waals surface area contributed by atoms with Crippen molar-refractivity contribution in [3.05, 3.63) is 60.2 Å². The molecule has 7 heteroatoms. The van der Waals surface area contributed by atoms with Crippen molar-refractivity contribution in [2.75, 3.05) is 20.2 Å². The first-order valence-corrected chi connectivity index (χ1v) is 7.96. The normalized spacial score (nSPS) is 11.2. The van der Waals surface area contributed by atoms with Gasteiger partial charge in [0.2, 0.25) is 0 Å². The molecule has 0 aliphatic rings. The van der Waals surface area contributed by atoms with Gasteiger partial charge in [0.1, 0.15) is 12.4 Å². The minimum absolute atomic E-state index is 0.0501. The summed E-state index contributed by atoms with van der Waals surface area (Å²) in [7, 11) is 1.62. The molecule has 24 heavy (non-hydrogen) atoms. The topological polar surface area (TPSA) is 29.5 Å². The molecule has 0 saturated carbocycles. The number of hydrogen-bond acceptors (Lipinski definition) is 3. The number of halogens is 3. The fraction of sp³-hybridized carbons (Fsp3) is 0.235. The Kier molecular flexibility index (Phi) is 6.14. The number of rotatable bonds is 6. The molecule has 0 fully saturated rings. The first kappa shape index (κ1) is 18.2. The number of benzene rings is 2. The molecule has 0 aromatic heterocycles. The highest BCUT2D eigenvalue weighted by atomic mass is 32.2. The van der Waals surface area contributed by atoms with E-state index < -0.39 is 5.51 Å². The summed E-state index contributed by atoms with van der Waals surface area (Å²) in [5.74, 6) is 0.446. The number of likely N-dealkylation sites (N-methyl/N-ethyl adjacent to an activating group) is 1. The van der Waals surface area contributed by atoms with E-state index in [0.29, 0.717) is 24.5 Å². The third-order valence-electron chi connectivity index (χ3n) is 3.12. The Bertz CT molecular complexity index is 660. The minimum atomic E-state index is -4.34. The van der Waals surface area contributed by atoms with Gasteiger partial charge in [-0.2, -0.15) is 13.2 Å². The SMILES string of the molecule is CN(CCOc1ccccc1)C(=O)c1ccc(SC(F)(F)F)cc1. The van der Waals surface area contributed by atoms with E-state index >= 15 is 0 Å². The maximum absolute atomic E-state index is 12.3. The van der Waals surface area contributed by atoms with Crippen LogP contribution < -0.4 is 4.74 Å². The molecule has 0 spiro atoms. The Morgan fingerprint density at radius 2 is 1.71 bits per heavy atom. The van der Waals surface area contributed by atoms with Crippen LogP contribution in [0.3, 0.4) is 0 Å². The first-order chi connectivity index (χ1) is 11.3. The monoisotopic (exact) mass is 355 g/mol. The highest BCUT2D eigenvalue weighted by Crippen LogP contribution is 2.36. The number of para-hydroxylation sites is 1. The van der Waals surface area contributed by atoms with Gasteiger partial charge in [-0.25, -0.2) is 0 Å². The van der Waals surface area contributed by atoms with Crippen molar-refractivity contribution in [1.82, 2.24) is 4.90 Å². The molecule has 128 valence electrons. The molecule has 0 aliphatic heterocycles. The third kappa shape index (κ3) is 5.81. The Morgan fingerprint density at radius 1 is 1.08 bits per heavy atom. The zero-order valence-electron chi connectivity index (χ0n) is 12.9. The lowest BCUT2D eigenvalue weighted by Crippen LogP contribution is -2.30. The number of nitrogens with zero attached hydrogens (tertiary/aromatic N) is 1. The van der Waals surface area contributed by atoms with Gasteiger partial charge in [-0.05, 0) is 48.2 Å². The van der Waals surface area contributed by atoms with E-state index in [-0.39, 0.29) is 22.6 Å². The largest absolute Gasteiger partial charge is 0.492 e. The Balaban J connectivity index is 1.86. The molecule has 0 bridgehead atoms. The molecular formula is C17H16F3NO2S. The van der Waals surface area contributed by atoms with Crippen molar-refractivity contribution in [3.63, 3.8) is 0 Å². The number of carbonyl (C=O) groups is 1. The molecular weight excluding hydrogens is 339 g/mol. The summed E-state index contributed by atoms with van der Waals surface area (Å²) in [5.41, 5.74) is -4.00. The van der Waals surface area contributed by atoms with Crippen LogP contribution in [0.15, 0.2) is 59.5 Å². The number of alkyl halides is 3. The van der Waals surface area contributed by atoms with Crippen molar-refractivity contribution >= 4 is 17.7 Å². The van der Waals surface area contributed by atoms with Crippen LogP contribution in [-0.4, -0.2) is 36.5 Å². The summed E-state index contributed by atoms with van der Waals surface area (Å²) in [6, 6.07) is 14.6. The smallest absolute Gasteiger partial charge is 0.446 e. The fourth-order valence-electron chi connectivity index (χ4n) is 1.94. The number of thioether (sulfide) groups is 1. The summed E-state index contributed by atoms with van der Waals surface area (Å²) in [5, 5.41) is 0. The van der Waals surface area contributed by atoms with Gasteiger partial charge in [-0.3, -0.25) is 4.79 Å². The van der Waals surface area contributed by atoms with Crippen LogP contribution in [0.4, 0.5) is 13.2 Å². The van der Waals surface area contributed by atoms with Gasteiger partial charge in [0.25, 0.3) is 5.91 Å². The quantitative estimate of drug-likeness (QED) is 0.717. The van der Waals surface area contributed by atoms with E-state index in [2.05, 4.69) is 0 Å². The summed E-state index contributed by atoms with van der Waals surface area (Å²) < 4.78 is 42.4. The Labute approximate surface area is 142 Å². The van der Waals surface area contributed by atoms with E-state index in [1.165, 1.54) is 29.2 Å². The van der Waals surface area contributed by atoms with Crippen LogP contribution >= 0.6 is 11.8 Å². The minimum Gasteiger partial charge on any atom is -0.492 e. The average Bonchev–Trinajstić information content (AvgIpc) is 2.54. The molecule has 0 radical (unpaired) electrons.